The zero-order valence-corrected chi connectivity index (χ0v) is 13.6. The van der Waals surface area contributed by atoms with Gasteiger partial charge in [-0.25, -0.2) is 0 Å². The van der Waals surface area contributed by atoms with Crippen LogP contribution in [0, 0.1) is 0 Å². The fraction of sp³-hybridized carbons (Fsp3) is 0. The molecule has 0 amide bonds. The van der Waals surface area contributed by atoms with E-state index in [1.54, 1.807) is 11.3 Å². The average molecular weight is 324 g/mol. The molecule has 0 saturated heterocycles. The van der Waals surface area contributed by atoms with Crippen LogP contribution in [0.2, 0.25) is 0 Å². The quantitative estimate of drug-likeness (QED) is 0.271. The van der Waals surface area contributed by atoms with Gasteiger partial charge >= 0.3 is 0 Å². The highest BCUT2D eigenvalue weighted by Gasteiger charge is 2.12. The second-order valence-electron chi connectivity index (χ2n) is 6.27. The summed E-state index contributed by atoms with van der Waals surface area (Å²) in [5.74, 6) is 0. The van der Waals surface area contributed by atoms with Gasteiger partial charge in [0.25, 0.3) is 0 Å². The van der Waals surface area contributed by atoms with Crippen LogP contribution in [0.5, 0.6) is 0 Å². The summed E-state index contributed by atoms with van der Waals surface area (Å²) in [6.07, 6.45) is 0. The summed E-state index contributed by atoms with van der Waals surface area (Å²) < 4.78 is 7.24. The van der Waals surface area contributed by atoms with Gasteiger partial charge in [0.2, 0.25) is 0 Å². The van der Waals surface area contributed by atoms with Crippen LogP contribution in [0.15, 0.2) is 76.5 Å². The number of rotatable bonds is 0. The molecule has 4 aromatic carbocycles. The summed E-state index contributed by atoms with van der Waals surface area (Å²) in [7, 11) is 0. The van der Waals surface area contributed by atoms with Gasteiger partial charge in [-0.05, 0) is 74.1 Å². The molecule has 0 aliphatic heterocycles. The molecule has 2 heteroatoms. The Labute approximate surface area is 141 Å². The third-order valence-corrected chi connectivity index (χ3v) is 5.79. The van der Waals surface area contributed by atoms with Gasteiger partial charge in [0.05, 0.1) is 4.70 Å². The van der Waals surface area contributed by atoms with Gasteiger partial charge in [-0.15, -0.1) is 11.3 Å². The molecule has 24 heavy (non-hydrogen) atoms. The Kier molecular flexibility index (Phi) is 2.29. The SMILES string of the molecule is c1ccc2cc3cc4c(ccc5oc6ccsc6c54)cc3cc2c1. The smallest absolute Gasteiger partial charge is 0.146 e. The molecule has 0 bridgehead atoms. The highest BCUT2D eigenvalue weighted by Crippen LogP contribution is 2.39. The molecule has 6 aromatic rings. The number of thiophene rings is 1. The van der Waals surface area contributed by atoms with Crippen molar-refractivity contribution in [3.8, 4) is 0 Å². The molecule has 0 N–H and O–H groups in total. The van der Waals surface area contributed by atoms with Crippen LogP contribution >= 0.6 is 11.3 Å². The Morgan fingerprint density at radius 3 is 2.21 bits per heavy atom. The zero-order valence-electron chi connectivity index (χ0n) is 12.7. The Morgan fingerprint density at radius 1 is 0.625 bits per heavy atom. The van der Waals surface area contributed by atoms with Crippen molar-refractivity contribution in [2.24, 2.45) is 0 Å². The first-order chi connectivity index (χ1) is 11.9. The molecule has 0 aliphatic carbocycles. The lowest BCUT2D eigenvalue weighted by molar-refractivity contribution is 0.670. The Hall–Kier alpha value is -2.84. The number of furan rings is 1. The van der Waals surface area contributed by atoms with E-state index in [1.165, 1.54) is 42.4 Å². The molecule has 112 valence electrons. The predicted molar refractivity (Wildman–Crippen MR) is 104 cm³/mol. The fourth-order valence-electron chi connectivity index (χ4n) is 3.74. The molecular formula is C22H12OS. The topological polar surface area (TPSA) is 13.1 Å². The molecule has 2 aromatic heterocycles. The van der Waals surface area contributed by atoms with E-state index in [9.17, 15) is 0 Å². The molecule has 1 nitrogen and oxygen atoms in total. The molecule has 0 atom stereocenters. The van der Waals surface area contributed by atoms with E-state index < -0.39 is 0 Å². The van der Waals surface area contributed by atoms with Crippen molar-refractivity contribution in [3.05, 3.63) is 72.1 Å². The second kappa shape index (κ2) is 4.37. The maximum Gasteiger partial charge on any atom is 0.146 e. The molecular weight excluding hydrogens is 312 g/mol. The van der Waals surface area contributed by atoms with Crippen molar-refractivity contribution < 1.29 is 4.42 Å². The molecule has 0 aliphatic rings. The zero-order chi connectivity index (χ0) is 15.7. The third-order valence-electron chi connectivity index (χ3n) is 4.88. The van der Waals surface area contributed by atoms with E-state index in [0.717, 1.165) is 11.2 Å². The Balaban J connectivity index is 1.85. The maximum atomic E-state index is 5.99. The van der Waals surface area contributed by atoms with Crippen LogP contribution in [0.25, 0.3) is 53.6 Å². The normalized spacial score (nSPS) is 12.2. The van der Waals surface area contributed by atoms with Crippen LogP contribution in [-0.2, 0) is 0 Å². The third kappa shape index (κ3) is 1.58. The van der Waals surface area contributed by atoms with E-state index in [2.05, 4.69) is 72.1 Å². The summed E-state index contributed by atoms with van der Waals surface area (Å²) in [5.41, 5.74) is 1.96. The highest BCUT2D eigenvalue weighted by atomic mass is 32.1. The molecule has 0 unspecified atom stereocenters. The van der Waals surface area contributed by atoms with Gasteiger partial charge < -0.3 is 4.42 Å². The van der Waals surface area contributed by atoms with Crippen LogP contribution in [0.1, 0.15) is 0 Å². The summed E-state index contributed by atoms with van der Waals surface area (Å²) in [6, 6.07) is 24.0. The van der Waals surface area contributed by atoms with Crippen molar-refractivity contribution in [2.75, 3.05) is 0 Å². The average Bonchev–Trinajstić information content (AvgIpc) is 3.18. The first kappa shape index (κ1) is 12.6. The molecule has 6 rings (SSSR count). The van der Waals surface area contributed by atoms with Gasteiger partial charge in [-0.3, -0.25) is 0 Å². The van der Waals surface area contributed by atoms with Crippen molar-refractivity contribution in [3.63, 3.8) is 0 Å². The molecule has 0 fully saturated rings. The number of hydrogen-bond donors (Lipinski definition) is 0. The summed E-state index contributed by atoms with van der Waals surface area (Å²) in [6.45, 7) is 0. The first-order valence-electron chi connectivity index (χ1n) is 8.02. The lowest BCUT2D eigenvalue weighted by atomic mass is 9.98. The maximum absolute atomic E-state index is 5.99. The van der Waals surface area contributed by atoms with E-state index in [4.69, 9.17) is 4.42 Å². The lowest BCUT2D eigenvalue weighted by Gasteiger charge is -2.06. The van der Waals surface area contributed by atoms with Crippen LogP contribution in [0.3, 0.4) is 0 Å². The van der Waals surface area contributed by atoms with E-state index in [1.807, 2.05) is 0 Å². The molecule has 0 saturated carbocycles. The standard InChI is InChI=1S/C22H12OS/c1-2-4-14-10-17-12-18-15(11-16(17)9-13(14)3-1)5-6-19-21(18)22-20(23-19)7-8-24-22/h1-12H. The summed E-state index contributed by atoms with van der Waals surface area (Å²) >= 11 is 1.75. The number of fused-ring (bicyclic) bond motifs is 7. The lowest BCUT2D eigenvalue weighted by Crippen LogP contribution is -1.79. The monoisotopic (exact) mass is 324 g/mol. The molecule has 2 heterocycles. The van der Waals surface area contributed by atoms with Crippen molar-refractivity contribution >= 4 is 64.9 Å². The van der Waals surface area contributed by atoms with Gasteiger partial charge in [-0.2, -0.15) is 0 Å². The number of hydrogen-bond acceptors (Lipinski definition) is 2. The van der Waals surface area contributed by atoms with Crippen LogP contribution < -0.4 is 0 Å². The van der Waals surface area contributed by atoms with Gasteiger partial charge in [-0.1, -0.05) is 30.3 Å². The summed E-state index contributed by atoms with van der Waals surface area (Å²) in [4.78, 5) is 0. The minimum atomic E-state index is 0.976. The van der Waals surface area contributed by atoms with Gasteiger partial charge in [0.15, 0.2) is 0 Å². The van der Waals surface area contributed by atoms with Gasteiger partial charge in [0.1, 0.15) is 11.2 Å². The highest BCUT2D eigenvalue weighted by molar-refractivity contribution is 7.18. The Morgan fingerprint density at radius 2 is 1.38 bits per heavy atom. The Bertz CT molecular complexity index is 1400. The van der Waals surface area contributed by atoms with Crippen molar-refractivity contribution in [1.82, 2.24) is 0 Å². The van der Waals surface area contributed by atoms with Crippen molar-refractivity contribution in [2.45, 2.75) is 0 Å². The largest absolute Gasteiger partial charge is 0.455 e. The minimum Gasteiger partial charge on any atom is -0.455 e. The van der Waals surface area contributed by atoms with E-state index >= 15 is 0 Å². The van der Waals surface area contributed by atoms with E-state index in [-0.39, 0.29) is 0 Å². The van der Waals surface area contributed by atoms with Crippen molar-refractivity contribution in [1.29, 1.82) is 0 Å². The first-order valence-corrected chi connectivity index (χ1v) is 8.90. The fourth-order valence-corrected chi connectivity index (χ4v) is 4.63. The second-order valence-corrected chi connectivity index (χ2v) is 7.19. The summed E-state index contributed by atoms with van der Waals surface area (Å²) in [5, 5.41) is 11.0. The van der Waals surface area contributed by atoms with E-state index in [0.29, 0.717) is 0 Å². The van der Waals surface area contributed by atoms with Crippen LogP contribution in [-0.4, -0.2) is 0 Å². The van der Waals surface area contributed by atoms with Crippen LogP contribution in [0.4, 0.5) is 0 Å². The minimum absolute atomic E-state index is 0.976. The predicted octanol–water partition coefficient (Wildman–Crippen LogP) is 7.11. The molecule has 0 radical (unpaired) electrons. The van der Waals surface area contributed by atoms with Gasteiger partial charge in [0, 0.05) is 5.39 Å². The molecule has 0 spiro atoms. The number of benzene rings is 4.